The lowest BCUT2D eigenvalue weighted by Crippen LogP contribution is -2.44. The van der Waals surface area contributed by atoms with E-state index in [0.717, 1.165) is 44.4 Å². The largest absolute Gasteiger partial charge is 0.377 e. The summed E-state index contributed by atoms with van der Waals surface area (Å²) in [6.07, 6.45) is 0. The van der Waals surface area contributed by atoms with Crippen LogP contribution in [0.5, 0.6) is 0 Å². The van der Waals surface area contributed by atoms with Crippen LogP contribution in [-0.4, -0.2) is 37.3 Å². The Hall–Kier alpha value is -1.65. The Balaban J connectivity index is 2.05. The molecule has 3 rings (SSSR count). The smallest absolute Gasteiger partial charge is 0.137 e. The molecule has 0 bridgehead atoms. The highest BCUT2D eigenvalue weighted by atomic mass is 16.5. The van der Waals surface area contributed by atoms with E-state index in [4.69, 9.17) is 9.72 Å². The number of hydrogen-bond acceptors (Lipinski definition) is 4. The lowest BCUT2D eigenvalue weighted by atomic mass is 10.1. The first-order valence-electron chi connectivity index (χ1n) is 7.73. The van der Waals surface area contributed by atoms with Gasteiger partial charge in [0.2, 0.25) is 0 Å². The highest BCUT2D eigenvalue weighted by molar-refractivity contribution is 5.92. The molecule has 1 aliphatic heterocycles. The number of hydrogen-bond donors (Lipinski definition) is 1. The van der Waals surface area contributed by atoms with Gasteiger partial charge in [0, 0.05) is 18.5 Å². The molecular formula is C17H23N3O. The number of benzene rings is 1. The van der Waals surface area contributed by atoms with E-state index in [1.807, 2.05) is 0 Å². The van der Waals surface area contributed by atoms with Crippen molar-refractivity contribution in [3.63, 3.8) is 0 Å². The zero-order chi connectivity index (χ0) is 14.7. The summed E-state index contributed by atoms with van der Waals surface area (Å²) in [5.41, 5.74) is 1.10. The SMILES string of the molecule is CCNCc1cc2ccccc2c(N2CCOCC2C)n1. The second-order valence-corrected chi connectivity index (χ2v) is 5.56. The molecule has 0 spiro atoms. The van der Waals surface area contributed by atoms with Crippen LogP contribution < -0.4 is 10.2 Å². The third kappa shape index (κ3) is 3.01. The zero-order valence-electron chi connectivity index (χ0n) is 12.8. The van der Waals surface area contributed by atoms with Crippen molar-refractivity contribution >= 4 is 16.6 Å². The van der Waals surface area contributed by atoms with Crippen molar-refractivity contribution in [1.82, 2.24) is 10.3 Å². The van der Waals surface area contributed by atoms with Crippen molar-refractivity contribution in [3.8, 4) is 0 Å². The summed E-state index contributed by atoms with van der Waals surface area (Å²) in [4.78, 5) is 7.30. The van der Waals surface area contributed by atoms with Crippen molar-refractivity contribution in [2.45, 2.75) is 26.4 Å². The first kappa shape index (κ1) is 14.3. The van der Waals surface area contributed by atoms with Gasteiger partial charge in [-0.05, 0) is 24.9 Å². The molecule has 1 fully saturated rings. The van der Waals surface area contributed by atoms with E-state index < -0.39 is 0 Å². The number of nitrogens with zero attached hydrogens (tertiary/aromatic N) is 2. The third-order valence-corrected chi connectivity index (χ3v) is 3.97. The Bertz CT molecular complexity index is 614. The normalized spacial score (nSPS) is 19.1. The van der Waals surface area contributed by atoms with E-state index >= 15 is 0 Å². The molecule has 0 amide bonds. The van der Waals surface area contributed by atoms with Crippen molar-refractivity contribution in [2.24, 2.45) is 0 Å². The fourth-order valence-corrected chi connectivity index (χ4v) is 2.84. The number of anilines is 1. The quantitative estimate of drug-likeness (QED) is 0.937. The molecule has 2 heterocycles. The van der Waals surface area contributed by atoms with E-state index in [1.54, 1.807) is 0 Å². The lowest BCUT2D eigenvalue weighted by Gasteiger charge is -2.35. The molecule has 4 nitrogen and oxygen atoms in total. The topological polar surface area (TPSA) is 37.4 Å². The van der Waals surface area contributed by atoms with Gasteiger partial charge in [-0.15, -0.1) is 0 Å². The molecule has 0 aliphatic carbocycles. The highest BCUT2D eigenvalue weighted by Crippen LogP contribution is 2.28. The molecule has 1 aromatic carbocycles. The van der Waals surface area contributed by atoms with Gasteiger partial charge in [-0.3, -0.25) is 0 Å². The van der Waals surface area contributed by atoms with Crippen LogP contribution in [0.4, 0.5) is 5.82 Å². The van der Waals surface area contributed by atoms with Gasteiger partial charge in [0.15, 0.2) is 0 Å². The monoisotopic (exact) mass is 285 g/mol. The zero-order valence-corrected chi connectivity index (χ0v) is 12.8. The first-order chi connectivity index (χ1) is 10.3. The van der Waals surface area contributed by atoms with Gasteiger partial charge in [-0.2, -0.15) is 0 Å². The van der Waals surface area contributed by atoms with E-state index in [9.17, 15) is 0 Å². The van der Waals surface area contributed by atoms with Gasteiger partial charge in [0.25, 0.3) is 0 Å². The minimum absolute atomic E-state index is 0.365. The Labute approximate surface area is 126 Å². The number of morpholine rings is 1. The standard InChI is InChI=1S/C17H23N3O/c1-3-18-11-15-10-14-6-4-5-7-16(14)17(19-15)20-8-9-21-12-13(20)2/h4-7,10,13,18H,3,8-9,11-12H2,1-2H3. The van der Waals surface area contributed by atoms with Crippen LogP contribution in [0.2, 0.25) is 0 Å². The maximum Gasteiger partial charge on any atom is 0.137 e. The summed E-state index contributed by atoms with van der Waals surface area (Å²) in [5.74, 6) is 1.09. The second-order valence-electron chi connectivity index (χ2n) is 5.56. The summed E-state index contributed by atoms with van der Waals surface area (Å²) in [6, 6.07) is 11.1. The molecule has 0 saturated carbocycles. The van der Waals surface area contributed by atoms with Crippen molar-refractivity contribution in [1.29, 1.82) is 0 Å². The Morgan fingerprint density at radius 1 is 1.38 bits per heavy atom. The number of ether oxygens (including phenoxy) is 1. The number of fused-ring (bicyclic) bond motifs is 1. The molecule has 1 unspecified atom stereocenters. The molecule has 1 atom stereocenters. The fraction of sp³-hybridized carbons (Fsp3) is 0.471. The molecule has 0 radical (unpaired) electrons. The average Bonchev–Trinajstić information content (AvgIpc) is 2.52. The summed E-state index contributed by atoms with van der Waals surface area (Å²) >= 11 is 0. The van der Waals surface area contributed by atoms with Crippen LogP contribution in [-0.2, 0) is 11.3 Å². The summed E-state index contributed by atoms with van der Waals surface area (Å²) in [7, 11) is 0. The van der Waals surface area contributed by atoms with E-state index in [2.05, 4.69) is 54.4 Å². The van der Waals surface area contributed by atoms with Crippen LogP contribution in [0.15, 0.2) is 30.3 Å². The van der Waals surface area contributed by atoms with Gasteiger partial charge in [0.05, 0.1) is 24.9 Å². The number of nitrogens with one attached hydrogen (secondary N) is 1. The Kier molecular flexibility index (Phi) is 4.36. The molecule has 4 heteroatoms. The minimum atomic E-state index is 0.365. The average molecular weight is 285 g/mol. The molecule has 1 aliphatic rings. The van der Waals surface area contributed by atoms with Crippen molar-refractivity contribution in [3.05, 3.63) is 36.0 Å². The van der Waals surface area contributed by atoms with Gasteiger partial charge in [-0.1, -0.05) is 31.2 Å². The van der Waals surface area contributed by atoms with Gasteiger partial charge < -0.3 is 15.0 Å². The molecule has 2 aromatic rings. The lowest BCUT2D eigenvalue weighted by molar-refractivity contribution is 0.0987. The van der Waals surface area contributed by atoms with Crippen LogP contribution in [0.3, 0.4) is 0 Å². The minimum Gasteiger partial charge on any atom is -0.377 e. The van der Waals surface area contributed by atoms with Crippen LogP contribution in [0, 0.1) is 0 Å². The Morgan fingerprint density at radius 2 is 2.24 bits per heavy atom. The fourth-order valence-electron chi connectivity index (χ4n) is 2.84. The molecule has 1 saturated heterocycles. The maximum absolute atomic E-state index is 5.56. The summed E-state index contributed by atoms with van der Waals surface area (Å²) in [5, 5.41) is 5.85. The van der Waals surface area contributed by atoms with Gasteiger partial charge >= 0.3 is 0 Å². The molecule has 21 heavy (non-hydrogen) atoms. The van der Waals surface area contributed by atoms with Gasteiger partial charge in [0.1, 0.15) is 5.82 Å². The maximum atomic E-state index is 5.56. The number of aromatic nitrogens is 1. The number of pyridine rings is 1. The highest BCUT2D eigenvalue weighted by Gasteiger charge is 2.22. The number of rotatable bonds is 4. The third-order valence-electron chi connectivity index (χ3n) is 3.97. The van der Waals surface area contributed by atoms with Crippen LogP contribution in [0.1, 0.15) is 19.5 Å². The predicted molar refractivity (Wildman–Crippen MR) is 86.8 cm³/mol. The molecule has 112 valence electrons. The van der Waals surface area contributed by atoms with E-state index in [0.29, 0.717) is 6.04 Å². The summed E-state index contributed by atoms with van der Waals surface area (Å²) in [6.45, 7) is 8.54. The van der Waals surface area contributed by atoms with Gasteiger partial charge in [-0.25, -0.2) is 4.98 Å². The van der Waals surface area contributed by atoms with Crippen LogP contribution in [0.25, 0.3) is 10.8 Å². The Morgan fingerprint density at radius 3 is 3.05 bits per heavy atom. The van der Waals surface area contributed by atoms with E-state index in [1.165, 1.54) is 10.8 Å². The van der Waals surface area contributed by atoms with E-state index in [-0.39, 0.29) is 0 Å². The molecule has 1 N–H and O–H groups in total. The molecular weight excluding hydrogens is 262 g/mol. The summed E-state index contributed by atoms with van der Waals surface area (Å²) < 4.78 is 5.56. The molecule has 1 aromatic heterocycles. The van der Waals surface area contributed by atoms with Crippen LogP contribution >= 0.6 is 0 Å². The predicted octanol–water partition coefficient (Wildman–Crippen LogP) is 2.57. The van der Waals surface area contributed by atoms with Crippen molar-refractivity contribution in [2.75, 3.05) is 31.2 Å². The van der Waals surface area contributed by atoms with Crippen molar-refractivity contribution < 1.29 is 4.74 Å². The first-order valence-corrected chi connectivity index (χ1v) is 7.73. The second kappa shape index (κ2) is 6.41.